The largest absolute Gasteiger partial charge is 0.289 e. The summed E-state index contributed by atoms with van der Waals surface area (Å²) < 4.78 is 3.03. The molecule has 0 aliphatic heterocycles. The van der Waals surface area contributed by atoms with Crippen molar-refractivity contribution in [3.8, 4) is 0 Å². The lowest BCUT2D eigenvalue weighted by atomic mass is 10.1. The van der Waals surface area contributed by atoms with Gasteiger partial charge in [0.1, 0.15) is 0 Å². The van der Waals surface area contributed by atoms with E-state index in [-0.39, 0.29) is 21.8 Å². The molecule has 5 aromatic carbocycles. The highest BCUT2D eigenvalue weighted by molar-refractivity contribution is 7.99. The molecule has 0 aliphatic carbocycles. The summed E-state index contributed by atoms with van der Waals surface area (Å²) in [5.41, 5.74) is 0.948. The van der Waals surface area contributed by atoms with Crippen LogP contribution in [0.25, 0.3) is 36.3 Å². The van der Waals surface area contributed by atoms with Gasteiger partial charge in [0.2, 0.25) is 0 Å². The average molecular weight is 644 g/mol. The minimum absolute atomic E-state index is 0.0875. The summed E-state index contributed by atoms with van der Waals surface area (Å²) in [6, 6.07) is 39.6. The first kappa shape index (κ1) is 28.8. The number of benzene rings is 5. The first-order valence-electron chi connectivity index (χ1n) is 14.2. The van der Waals surface area contributed by atoms with Gasteiger partial charge < -0.3 is 0 Å². The SMILES string of the molecule is C/C=C\c1c(C)sc2ccc([S+](c3ccccc3)c3ccc(Sc4ccc5sc6ccccc6c(=O)c5c4)cc3)cc2c1=O. The van der Waals surface area contributed by atoms with E-state index in [0.717, 1.165) is 55.4 Å². The van der Waals surface area contributed by atoms with Gasteiger partial charge in [-0.25, -0.2) is 0 Å². The molecule has 0 saturated heterocycles. The van der Waals surface area contributed by atoms with Crippen molar-refractivity contribution in [1.29, 1.82) is 0 Å². The molecule has 1 unspecified atom stereocenters. The van der Waals surface area contributed by atoms with E-state index in [1.807, 2.05) is 62.4 Å². The van der Waals surface area contributed by atoms with Gasteiger partial charge in [0.15, 0.2) is 25.5 Å². The first-order valence-corrected chi connectivity index (χ1v) is 17.9. The fourth-order valence-electron chi connectivity index (χ4n) is 5.38. The Balaban J connectivity index is 1.25. The topological polar surface area (TPSA) is 34.1 Å². The van der Waals surface area contributed by atoms with Crippen LogP contribution < -0.4 is 10.9 Å². The molecular formula is C38H27O2S4+. The summed E-state index contributed by atoms with van der Waals surface area (Å²) >= 11 is 4.99. The molecule has 0 amide bonds. The van der Waals surface area contributed by atoms with Crippen LogP contribution in [0.3, 0.4) is 0 Å². The molecule has 0 radical (unpaired) electrons. The highest BCUT2D eigenvalue weighted by Gasteiger charge is 2.29. The summed E-state index contributed by atoms with van der Waals surface area (Å²) in [6.45, 7) is 3.96. The highest BCUT2D eigenvalue weighted by atomic mass is 32.2. The predicted octanol–water partition coefficient (Wildman–Crippen LogP) is 10.6. The van der Waals surface area contributed by atoms with Crippen LogP contribution >= 0.6 is 34.4 Å². The smallest absolute Gasteiger partial charge is 0.195 e. The summed E-state index contributed by atoms with van der Waals surface area (Å²) in [4.78, 5) is 33.4. The van der Waals surface area contributed by atoms with E-state index in [1.165, 1.54) is 9.79 Å². The summed E-state index contributed by atoms with van der Waals surface area (Å²) in [5, 5.41) is 2.31. The van der Waals surface area contributed by atoms with Crippen molar-refractivity contribution in [2.45, 2.75) is 38.3 Å². The van der Waals surface area contributed by atoms with Gasteiger partial charge in [-0.1, -0.05) is 54.2 Å². The molecule has 0 saturated carbocycles. The maximum atomic E-state index is 13.5. The third kappa shape index (κ3) is 5.44. The molecule has 44 heavy (non-hydrogen) atoms. The molecular weight excluding hydrogens is 617 g/mol. The second kappa shape index (κ2) is 12.2. The quantitative estimate of drug-likeness (QED) is 0.134. The predicted molar refractivity (Wildman–Crippen MR) is 192 cm³/mol. The normalized spacial score (nSPS) is 12.4. The van der Waals surface area contributed by atoms with Gasteiger partial charge in [-0.2, -0.15) is 0 Å². The van der Waals surface area contributed by atoms with Crippen molar-refractivity contribution >= 4 is 81.7 Å². The van der Waals surface area contributed by atoms with Crippen molar-refractivity contribution in [3.63, 3.8) is 0 Å². The molecule has 0 fully saturated rings. The van der Waals surface area contributed by atoms with Crippen LogP contribution in [0.15, 0.2) is 155 Å². The minimum Gasteiger partial charge on any atom is -0.289 e. The molecule has 0 bridgehead atoms. The number of aryl methyl sites for hydroxylation is 1. The van der Waals surface area contributed by atoms with Gasteiger partial charge >= 0.3 is 0 Å². The fraction of sp³-hybridized carbons (Fsp3) is 0.0526. The standard InChI is InChI=1S/C38H27O2S4/c1-3-9-30-24(2)41-35-21-19-29(23-33(35)37(30)39)44(27-10-5-4-6-11-27)28-17-14-25(15-18-28)42-26-16-20-36-32(22-26)38(40)31-12-7-8-13-34(31)43-36/h3-23H,1-2H3/q+1/b9-3-. The Hall–Kier alpha value is -3.94. The van der Waals surface area contributed by atoms with Crippen LogP contribution in [-0.4, -0.2) is 0 Å². The van der Waals surface area contributed by atoms with E-state index in [2.05, 4.69) is 78.9 Å². The van der Waals surface area contributed by atoms with Crippen LogP contribution in [0.5, 0.6) is 0 Å². The zero-order chi connectivity index (χ0) is 30.2. The Morgan fingerprint density at radius 2 is 1.20 bits per heavy atom. The van der Waals surface area contributed by atoms with Gasteiger partial charge in [-0.05, 0) is 92.7 Å². The van der Waals surface area contributed by atoms with E-state index < -0.39 is 0 Å². The molecule has 0 N–H and O–H groups in total. The molecule has 7 rings (SSSR count). The van der Waals surface area contributed by atoms with E-state index >= 15 is 0 Å². The number of fused-ring (bicyclic) bond motifs is 3. The Kier molecular flexibility index (Phi) is 8.00. The Morgan fingerprint density at radius 1 is 0.591 bits per heavy atom. The van der Waals surface area contributed by atoms with Gasteiger partial charge in [0.25, 0.3) is 0 Å². The van der Waals surface area contributed by atoms with Crippen molar-refractivity contribution in [2.75, 3.05) is 0 Å². The molecule has 6 heteroatoms. The second-order valence-corrected chi connectivity index (χ2v) is 15.9. The molecule has 214 valence electrons. The lowest BCUT2D eigenvalue weighted by Crippen LogP contribution is -2.09. The van der Waals surface area contributed by atoms with E-state index in [1.54, 1.807) is 34.4 Å². The molecule has 0 aliphatic rings. The molecule has 2 heterocycles. The average Bonchev–Trinajstić information content (AvgIpc) is 3.05. The van der Waals surface area contributed by atoms with Crippen LogP contribution in [-0.2, 0) is 10.9 Å². The third-order valence-electron chi connectivity index (χ3n) is 7.47. The fourth-order valence-corrected chi connectivity index (χ4v) is 10.4. The van der Waals surface area contributed by atoms with E-state index in [4.69, 9.17) is 0 Å². The molecule has 1 atom stereocenters. The summed E-state index contributed by atoms with van der Waals surface area (Å²) in [7, 11) is -0.386. The lowest BCUT2D eigenvalue weighted by Gasteiger charge is -2.10. The van der Waals surface area contributed by atoms with Gasteiger partial charge in [-0.15, -0.1) is 22.7 Å². The van der Waals surface area contributed by atoms with Crippen LogP contribution in [0.1, 0.15) is 17.4 Å². The molecule has 0 spiro atoms. The van der Waals surface area contributed by atoms with Crippen LogP contribution in [0, 0.1) is 6.92 Å². The molecule has 2 nitrogen and oxygen atoms in total. The van der Waals surface area contributed by atoms with Gasteiger partial charge in [0, 0.05) is 56.6 Å². The Labute approximate surface area is 270 Å². The zero-order valence-electron chi connectivity index (χ0n) is 24.1. The van der Waals surface area contributed by atoms with Crippen LogP contribution in [0.2, 0.25) is 0 Å². The number of allylic oxidation sites excluding steroid dienone is 1. The minimum atomic E-state index is -0.386. The second-order valence-electron chi connectivity index (χ2n) is 10.3. The lowest BCUT2D eigenvalue weighted by molar-refractivity contribution is 1.29. The van der Waals surface area contributed by atoms with E-state index in [9.17, 15) is 9.59 Å². The Bertz CT molecular complexity index is 2320. The number of hydrogen-bond acceptors (Lipinski definition) is 5. The number of hydrogen-bond donors (Lipinski definition) is 0. The maximum Gasteiger partial charge on any atom is 0.195 e. The van der Waals surface area contributed by atoms with Crippen molar-refractivity contribution < 1.29 is 0 Å². The summed E-state index contributed by atoms with van der Waals surface area (Å²) in [6.07, 6.45) is 3.85. The van der Waals surface area contributed by atoms with Crippen molar-refractivity contribution in [1.82, 2.24) is 0 Å². The third-order valence-corrected chi connectivity index (χ3v) is 12.9. The van der Waals surface area contributed by atoms with Crippen molar-refractivity contribution in [3.05, 3.63) is 152 Å². The van der Waals surface area contributed by atoms with Gasteiger partial charge in [-0.3, -0.25) is 9.59 Å². The Morgan fingerprint density at radius 3 is 2.00 bits per heavy atom. The monoisotopic (exact) mass is 643 g/mol. The zero-order valence-corrected chi connectivity index (χ0v) is 27.3. The van der Waals surface area contributed by atoms with E-state index in [0.29, 0.717) is 0 Å². The first-order chi connectivity index (χ1) is 21.5. The maximum absolute atomic E-state index is 13.5. The summed E-state index contributed by atoms with van der Waals surface area (Å²) in [5.74, 6) is 0. The van der Waals surface area contributed by atoms with Crippen LogP contribution in [0.4, 0.5) is 0 Å². The highest BCUT2D eigenvalue weighted by Crippen LogP contribution is 2.37. The molecule has 7 aromatic rings. The van der Waals surface area contributed by atoms with Crippen molar-refractivity contribution in [2.24, 2.45) is 0 Å². The van der Waals surface area contributed by atoms with Gasteiger partial charge in [0.05, 0.1) is 10.9 Å². The molecule has 2 aromatic heterocycles. The number of rotatable bonds is 6.